The maximum absolute atomic E-state index is 12.6. The highest BCUT2D eigenvalue weighted by Gasteiger charge is 2.28. The number of rotatable bonds is 8. The molecule has 0 heterocycles. The van der Waals surface area contributed by atoms with Crippen LogP contribution in [0.2, 0.25) is 0 Å². The summed E-state index contributed by atoms with van der Waals surface area (Å²) in [6.45, 7) is 0.582. The van der Waals surface area contributed by atoms with E-state index in [9.17, 15) is 13.2 Å². The van der Waals surface area contributed by atoms with Crippen molar-refractivity contribution in [2.24, 2.45) is 0 Å². The van der Waals surface area contributed by atoms with Crippen molar-refractivity contribution >= 4 is 42.6 Å². The van der Waals surface area contributed by atoms with E-state index in [1.165, 1.54) is 12.1 Å². The van der Waals surface area contributed by atoms with Gasteiger partial charge in [-0.05, 0) is 69.9 Å². The molecule has 156 valence electrons. The van der Waals surface area contributed by atoms with E-state index in [4.69, 9.17) is 4.74 Å². The number of fused-ring (bicyclic) bond motifs is 1. The molecule has 6 nitrogen and oxygen atoms in total. The van der Waals surface area contributed by atoms with Gasteiger partial charge in [-0.25, -0.2) is 13.1 Å². The Morgan fingerprint density at radius 1 is 1.03 bits per heavy atom. The van der Waals surface area contributed by atoms with Crippen LogP contribution in [0.4, 0.5) is 0 Å². The SMILES string of the molecule is O=C(NCCOc1ccc2ccccc2c1)c1cc(S(=O)(=O)NC2CC2)ccc1Br. The molecule has 0 bridgehead atoms. The minimum absolute atomic E-state index is 0.00294. The lowest BCUT2D eigenvalue weighted by Crippen LogP contribution is -2.29. The maximum atomic E-state index is 12.6. The van der Waals surface area contributed by atoms with Gasteiger partial charge in [-0.15, -0.1) is 0 Å². The highest BCUT2D eigenvalue weighted by atomic mass is 79.9. The first-order valence-electron chi connectivity index (χ1n) is 9.64. The largest absolute Gasteiger partial charge is 0.492 e. The number of benzene rings is 3. The summed E-state index contributed by atoms with van der Waals surface area (Å²) in [4.78, 5) is 12.6. The molecule has 0 aromatic heterocycles. The number of carbonyl (C=O) groups excluding carboxylic acids is 1. The Morgan fingerprint density at radius 3 is 2.57 bits per heavy atom. The fourth-order valence-corrected chi connectivity index (χ4v) is 4.78. The van der Waals surface area contributed by atoms with E-state index in [1.54, 1.807) is 6.07 Å². The maximum Gasteiger partial charge on any atom is 0.252 e. The molecule has 1 aliphatic rings. The lowest BCUT2D eigenvalue weighted by molar-refractivity contribution is 0.0946. The van der Waals surface area contributed by atoms with E-state index in [0.29, 0.717) is 11.1 Å². The number of hydrogen-bond donors (Lipinski definition) is 2. The molecule has 30 heavy (non-hydrogen) atoms. The smallest absolute Gasteiger partial charge is 0.252 e. The van der Waals surface area contributed by atoms with Crippen molar-refractivity contribution in [3.05, 3.63) is 70.7 Å². The highest BCUT2D eigenvalue weighted by molar-refractivity contribution is 9.10. The molecule has 4 rings (SSSR count). The number of nitrogens with one attached hydrogen (secondary N) is 2. The minimum atomic E-state index is -3.62. The minimum Gasteiger partial charge on any atom is -0.492 e. The third-order valence-electron chi connectivity index (χ3n) is 4.77. The Kier molecular flexibility index (Phi) is 6.08. The summed E-state index contributed by atoms with van der Waals surface area (Å²) in [5.74, 6) is 0.357. The lowest BCUT2D eigenvalue weighted by Gasteiger charge is -2.11. The van der Waals surface area contributed by atoms with Crippen LogP contribution in [0.1, 0.15) is 23.2 Å². The predicted molar refractivity (Wildman–Crippen MR) is 119 cm³/mol. The molecule has 2 N–H and O–H groups in total. The van der Waals surface area contributed by atoms with Crippen LogP contribution in [0.5, 0.6) is 5.75 Å². The van der Waals surface area contributed by atoms with Crippen molar-refractivity contribution in [1.29, 1.82) is 0 Å². The summed E-state index contributed by atoms with van der Waals surface area (Å²) in [5.41, 5.74) is 0.263. The van der Waals surface area contributed by atoms with E-state index in [1.807, 2.05) is 42.5 Å². The van der Waals surface area contributed by atoms with Gasteiger partial charge in [0.25, 0.3) is 5.91 Å². The molecule has 0 radical (unpaired) electrons. The number of sulfonamides is 1. The first kappa shape index (κ1) is 20.8. The quantitative estimate of drug-likeness (QED) is 0.471. The van der Waals surface area contributed by atoms with E-state index in [-0.39, 0.29) is 29.0 Å². The summed E-state index contributed by atoms with van der Waals surface area (Å²) < 4.78 is 33.7. The summed E-state index contributed by atoms with van der Waals surface area (Å²) in [7, 11) is -3.62. The van der Waals surface area contributed by atoms with Gasteiger partial charge in [-0.2, -0.15) is 0 Å². The van der Waals surface area contributed by atoms with Crippen molar-refractivity contribution in [3.63, 3.8) is 0 Å². The normalized spacial score (nSPS) is 13.9. The second kappa shape index (κ2) is 8.75. The molecule has 3 aromatic rings. The molecule has 1 fully saturated rings. The van der Waals surface area contributed by atoms with Crippen molar-refractivity contribution in [2.75, 3.05) is 13.2 Å². The molecule has 8 heteroatoms. The van der Waals surface area contributed by atoms with Gasteiger partial charge >= 0.3 is 0 Å². The van der Waals surface area contributed by atoms with Gasteiger partial charge in [0.05, 0.1) is 17.0 Å². The molecule has 0 spiro atoms. The molecule has 0 aliphatic heterocycles. The third kappa shape index (κ3) is 5.00. The average Bonchev–Trinajstić information content (AvgIpc) is 3.54. The number of hydrogen-bond acceptors (Lipinski definition) is 4. The van der Waals surface area contributed by atoms with E-state index >= 15 is 0 Å². The third-order valence-corrected chi connectivity index (χ3v) is 6.98. The molecular formula is C22H21BrN2O4S. The van der Waals surface area contributed by atoms with Crippen LogP contribution in [0.15, 0.2) is 70.0 Å². The van der Waals surface area contributed by atoms with Crippen LogP contribution >= 0.6 is 15.9 Å². The topological polar surface area (TPSA) is 84.5 Å². The number of amides is 1. The Balaban J connectivity index is 1.35. The highest BCUT2D eigenvalue weighted by Crippen LogP contribution is 2.25. The molecule has 0 saturated heterocycles. The van der Waals surface area contributed by atoms with Crippen LogP contribution in [0.25, 0.3) is 10.8 Å². The van der Waals surface area contributed by atoms with Crippen molar-refractivity contribution in [2.45, 2.75) is 23.8 Å². The molecule has 1 amide bonds. The summed E-state index contributed by atoms with van der Waals surface area (Å²) in [6, 6.07) is 18.3. The average molecular weight is 489 g/mol. The Labute approximate surface area is 183 Å². The molecule has 0 unspecified atom stereocenters. The lowest BCUT2D eigenvalue weighted by atomic mass is 10.1. The molecule has 3 aromatic carbocycles. The summed E-state index contributed by atoms with van der Waals surface area (Å²) >= 11 is 3.32. The van der Waals surface area contributed by atoms with Gasteiger partial charge in [-0.1, -0.05) is 30.3 Å². The van der Waals surface area contributed by atoms with Gasteiger partial charge in [0, 0.05) is 10.5 Å². The zero-order valence-electron chi connectivity index (χ0n) is 16.1. The van der Waals surface area contributed by atoms with Crippen LogP contribution in [0.3, 0.4) is 0 Å². The van der Waals surface area contributed by atoms with Gasteiger partial charge in [0.2, 0.25) is 10.0 Å². The van der Waals surface area contributed by atoms with Gasteiger partial charge in [0.15, 0.2) is 0 Å². The monoisotopic (exact) mass is 488 g/mol. The fraction of sp³-hybridized carbons (Fsp3) is 0.227. The zero-order valence-corrected chi connectivity index (χ0v) is 18.5. The standard InChI is InChI=1S/C22H21BrN2O4S/c23-21-10-9-19(30(27,28)25-17-6-7-17)14-20(21)22(26)24-11-12-29-18-8-5-15-3-1-2-4-16(15)13-18/h1-5,8-10,13-14,17,25H,6-7,11-12H2,(H,24,26). The van der Waals surface area contributed by atoms with Crippen molar-refractivity contribution < 1.29 is 17.9 Å². The second-order valence-electron chi connectivity index (χ2n) is 7.15. The van der Waals surface area contributed by atoms with E-state index < -0.39 is 10.0 Å². The number of carbonyl (C=O) groups is 1. The fourth-order valence-electron chi connectivity index (χ4n) is 3.02. The Morgan fingerprint density at radius 2 is 1.80 bits per heavy atom. The van der Waals surface area contributed by atoms with Crippen LogP contribution in [-0.4, -0.2) is 33.5 Å². The Bertz CT molecular complexity index is 1190. The molecule has 1 saturated carbocycles. The van der Waals surface area contributed by atoms with Gasteiger partial charge < -0.3 is 10.1 Å². The molecular weight excluding hydrogens is 468 g/mol. The van der Waals surface area contributed by atoms with Gasteiger partial charge in [-0.3, -0.25) is 4.79 Å². The zero-order chi connectivity index (χ0) is 21.1. The first-order valence-corrected chi connectivity index (χ1v) is 11.9. The van der Waals surface area contributed by atoms with Crippen molar-refractivity contribution in [1.82, 2.24) is 10.0 Å². The van der Waals surface area contributed by atoms with E-state index in [0.717, 1.165) is 29.4 Å². The second-order valence-corrected chi connectivity index (χ2v) is 9.72. The van der Waals surface area contributed by atoms with Gasteiger partial charge in [0.1, 0.15) is 12.4 Å². The molecule has 1 aliphatic carbocycles. The van der Waals surface area contributed by atoms with E-state index in [2.05, 4.69) is 26.0 Å². The summed E-state index contributed by atoms with van der Waals surface area (Å²) in [5, 5.41) is 4.99. The van der Waals surface area contributed by atoms with Crippen LogP contribution in [-0.2, 0) is 10.0 Å². The predicted octanol–water partition coefficient (Wildman–Crippen LogP) is 3.85. The molecule has 0 atom stereocenters. The Hall–Kier alpha value is -2.42. The van der Waals surface area contributed by atoms with Crippen LogP contribution < -0.4 is 14.8 Å². The first-order chi connectivity index (χ1) is 14.4. The van der Waals surface area contributed by atoms with Crippen molar-refractivity contribution in [3.8, 4) is 5.75 Å². The number of ether oxygens (including phenoxy) is 1. The van der Waals surface area contributed by atoms with Crippen LogP contribution in [0, 0.1) is 0 Å². The summed E-state index contributed by atoms with van der Waals surface area (Å²) in [6.07, 6.45) is 1.70. The number of halogens is 1.